The van der Waals surface area contributed by atoms with Crippen LogP contribution in [0.25, 0.3) is 0 Å². The van der Waals surface area contributed by atoms with Crippen molar-refractivity contribution in [3.8, 4) is 0 Å². The standard InChI is InChI=1S/C12H25N/c1-4-7-9-10-12-13(6-3)11-8-5-2/h5,8H,4,6-7,9-12H2,1-3H3. The monoisotopic (exact) mass is 183 g/mol. The van der Waals surface area contributed by atoms with Gasteiger partial charge in [-0.1, -0.05) is 45.3 Å². The summed E-state index contributed by atoms with van der Waals surface area (Å²) in [6, 6.07) is 0. The predicted octanol–water partition coefficient (Wildman–Crippen LogP) is 3.46. The molecular weight excluding hydrogens is 158 g/mol. The van der Waals surface area contributed by atoms with Gasteiger partial charge in [-0.05, 0) is 26.4 Å². The molecule has 0 aliphatic carbocycles. The fourth-order valence-corrected chi connectivity index (χ4v) is 1.40. The fourth-order valence-electron chi connectivity index (χ4n) is 1.40. The molecule has 0 N–H and O–H groups in total. The van der Waals surface area contributed by atoms with Gasteiger partial charge in [-0.2, -0.15) is 0 Å². The van der Waals surface area contributed by atoms with Crippen LogP contribution >= 0.6 is 0 Å². The summed E-state index contributed by atoms with van der Waals surface area (Å²) in [5.74, 6) is 0. The van der Waals surface area contributed by atoms with Gasteiger partial charge in [0, 0.05) is 6.54 Å². The van der Waals surface area contributed by atoms with E-state index in [-0.39, 0.29) is 0 Å². The van der Waals surface area contributed by atoms with Crippen LogP contribution < -0.4 is 0 Å². The van der Waals surface area contributed by atoms with Gasteiger partial charge >= 0.3 is 0 Å². The number of nitrogens with zero attached hydrogens (tertiary/aromatic N) is 1. The Labute approximate surface area is 83.8 Å². The molecule has 0 amide bonds. The van der Waals surface area contributed by atoms with Crippen molar-refractivity contribution in [3.63, 3.8) is 0 Å². The molecular formula is C12H25N. The van der Waals surface area contributed by atoms with Crippen LogP contribution in [0, 0.1) is 0 Å². The molecule has 0 rings (SSSR count). The van der Waals surface area contributed by atoms with Crippen molar-refractivity contribution in [1.82, 2.24) is 4.90 Å². The van der Waals surface area contributed by atoms with E-state index in [1.807, 2.05) is 0 Å². The molecule has 13 heavy (non-hydrogen) atoms. The average Bonchev–Trinajstić information content (AvgIpc) is 2.17. The van der Waals surface area contributed by atoms with Crippen LogP contribution in [0.5, 0.6) is 0 Å². The summed E-state index contributed by atoms with van der Waals surface area (Å²) in [7, 11) is 0. The Balaban J connectivity index is 3.36. The summed E-state index contributed by atoms with van der Waals surface area (Å²) in [5.41, 5.74) is 0. The van der Waals surface area contributed by atoms with Gasteiger partial charge in [-0.3, -0.25) is 4.90 Å². The van der Waals surface area contributed by atoms with E-state index in [1.165, 1.54) is 38.8 Å². The van der Waals surface area contributed by atoms with E-state index in [1.54, 1.807) is 0 Å². The molecule has 0 fully saturated rings. The van der Waals surface area contributed by atoms with Gasteiger partial charge in [0.25, 0.3) is 0 Å². The van der Waals surface area contributed by atoms with Gasteiger partial charge in [0.1, 0.15) is 0 Å². The lowest BCUT2D eigenvalue weighted by atomic mass is 10.2. The molecule has 78 valence electrons. The van der Waals surface area contributed by atoms with E-state index in [4.69, 9.17) is 0 Å². The highest BCUT2D eigenvalue weighted by atomic mass is 15.1. The zero-order valence-electron chi connectivity index (χ0n) is 9.55. The average molecular weight is 183 g/mol. The Morgan fingerprint density at radius 1 is 1.08 bits per heavy atom. The first-order valence-corrected chi connectivity index (χ1v) is 5.68. The van der Waals surface area contributed by atoms with Crippen molar-refractivity contribution in [2.24, 2.45) is 0 Å². The Morgan fingerprint density at radius 2 is 1.85 bits per heavy atom. The summed E-state index contributed by atoms with van der Waals surface area (Å²) < 4.78 is 0. The Morgan fingerprint density at radius 3 is 2.38 bits per heavy atom. The van der Waals surface area contributed by atoms with Crippen LogP contribution in [0.1, 0.15) is 46.5 Å². The third kappa shape index (κ3) is 8.04. The molecule has 0 aromatic heterocycles. The SMILES string of the molecule is CC=CCN(CC)CCCCCC. The highest BCUT2D eigenvalue weighted by Crippen LogP contribution is 2.01. The molecule has 0 saturated heterocycles. The van der Waals surface area contributed by atoms with Crippen LogP contribution in [0.4, 0.5) is 0 Å². The molecule has 1 nitrogen and oxygen atoms in total. The molecule has 0 aliphatic heterocycles. The van der Waals surface area contributed by atoms with Gasteiger partial charge in [-0.25, -0.2) is 0 Å². The third-order valence-corrected chi connectivity index (χ3v) is 2.37. The lowest BCUT2D eigenvalue weighted by Crippen LogP contribution is -2.24. The summed E-state index contributed by atoms with van der Waals surface area (Å²) >= 11 is 0. The molecule has 0 aromatic rings. The van der Waals surface area contributed by atoms with Crippen molar-refractivity contribution >= 4 is 0 Å². The van der Waals surface area contributed by atoms with Crippen molar-refractivity contribution < 1.29 is 0 Å². The quantitative estimate of drug-likeness (QED) is 0.411. The second-order valence-electron chi connectivity index (χ2n) is 3.52. The van der Waals surface area contributed by atoms with Gasteiger partial charge in [-0.15, -0.1) is 0 Å². The van der Waals surface area contributed by atoms with Gasteiger partial charge in [0.15, 0.2) is 0 Å². The lowest BCUT2D eigenvalue weighted by molar-refractivity contribution is 0.310. The summed E-state index contributed by atoms with van der Waals surface area (Å²) in [6.07, 6.45) is 9.85. The number of unbranched alkanes of at least 4 members (excludes halogenated alkanes) is 3. The number of allylic oxidation sites excluding steroid dienone is 1. The van der Waals surface area contributed by atoms with Gasteiger partial charge in [0.2, 0.25) is 0 Å². The predicted molar refractivity (Wildman–Crippen MR) is 61.1 cm³/mol. The van der Waals surface area contributed by atoms with Crippen molar-refractivity contribution in [1.29, 1.82) is 0 Å². The van der Waals surface area contributed by atoms with Crippen molar-refractivity contribution in [2.45, 2.75) is 46.5 Å². The van der Waals surface area contributed by atoms with Crippen LogP contribution in [-0.4, -0.2) is 24.5 Å². The van der Waals surface area contributed by atoms with E-state index in [2.05, 4.69) is 37.8 Å². The first-order chi connectivity index (χ1) is 6.35. The number of hydrogen-bond donors (Lipinski definition) is 0. The molecule has 0 bridgehead atoms. The minimum Gasteiger partial charge on any atom is -0.300 e. The molecule has 0 heterocycles. The molecule has 1 heteroatoms. The maximum absolute atomic E-state index is 2.50. The van der Waals surface area contributed by atoms with Crippen LogP contribution in [0.15, 0.2) is 12.2 Å². The first kappa shape index (κ1) is 12.7. The summed E-state index contributed by atoms with van der Waals surface area (Å²) in [5, 5.41) is 0. The van der Waals surface area contributed by atoms with E-state index in [9.17, 15) is 0 Å². The summed E-state index contributed by atoms with van der Waals surface area (Å²) in [4.78, 5) is 2.50. The second-order valence-corrected chi connectivity index (χ2v) is 3.52. The molecule has 0 unspecified atom stereocenters. The van der Waals surface area contributed by atoms with E-state index < -0.39 is 0 Å². The van der Waals surface area contributed by atoms with E-state index in [0.717, 1.165) is 6.54 Å². The van der Waals surface area contributed by atoms with Gasteiger partial charge in [0.05, 0.1) is 0 Å². The Bertz CT molecular complexity index is 118. The lowest BCUT2D eigenvalue weighted by Gasteiger charge is -2.17. The maximum atomic E-state index is 2.50. The molecule has 0 saturated carbocycles. The zero-order chi connectivity index (χ0) is 9.94. The Kier molecular flexibility index (Phi) is 9.56. The van der Waals surface area contributed by atoms with Crippen LogP contribution in [0.2, 0.25) is 0 Å². The third-order valence-electron chi connectivity index (χ3n) is 2.37. The van der Waals surface area contributed by atoms with E-state index >= 15 is 0 Å². The van der Waals surface area contributed by atoms with Gasteiger partial charge < -0.3 is 0 Å². The van der Waals surface area contributed by atoms with Crippen LogP contribution in [0.3, 0.4) is 0 Å². The molecule has 0 spiro atoms. The molecule has 0 atom stereocenters. The highest BCUT2D eigenvalue weighted by Gasteiger charge is 1.98. The van der Waals surface area contributed by atoms with Crippen molar-refractivity contribution in [3.05, 3.63) is 12.2 Å². The van der Waals surface area contributed by atoms with E-state index in [0.29, 0.717) is 0 Å². The number of likely N-dealkylation sites (N-methyl/N-ethyl adjacent to an activating group) is 1. The second kappa shape index (κ2) is 9.79. The number of rotatable bonds is 8. The fraction of sp³-hybridized carbons (Fsp3) is 0.833. The zero-order valence-corrected chi connectivity index (χ0v) is 9.55. The number of hydrogen-bond acceptors (Lipinski definition) is 1. The molecule has 0 aromatic carbocycles. The minimum atomic E-state index is 1.12. The van der Waals surface area contributed by atoms with Crippen molar-refractivity contribution in [2.75, 3.05) is 19.6 Å². The topological polar surface area (TPSA) is 3.24 Å². The molecule has 0 radical (unpaired) electrons. The minimum absolute atomic E-state index is 1.12. The molecule has 0 aliphatic rings. The first-order valence-electron chi connectivity index (χ1n) is 5.68. The maximum Gasteiger partial charge on any atom is 0.0162 e. The highest BCUT2D eigenvalue weighted by molar-refractivity contribution is 4.80. The summed E-state index contributed by atoms with van der Waals surface area (Å²) in [6.45, 7) is 10.2. The Hall–Kier alpha value is -0.300. The normalized spacial score (nSPS) is 11.7. The smallest absolute Gasteiger partial charge is 0.0162 e. The largest absolute Gasteiger partial charge is 0.300 e. The van der Waals surface area contributed by atoms with Crippen LogP contribution in [-0.2, 0) is 0 Å².